The molecule has 0 fully saturated rings. The van der Waals surface area contributed by atoms with Crippen LogP contribution in [0.2, 0.25) is 24.2 Å². The van der Waals surface area contributed by atoms with E-state index in [2.05, 4.69) is 27.7 Å². The summed E-state index contributed by atoms with van der Waals surface area (Å²) in [5.41, 5.74) is 0. The monoisotopic (exact) mass is 274 g/mol. The molecule has 0 saturated carbocycles. The van der Waals surface area contributed by atoms with Crippen molar-refractivity contribution in [2.24, 2.45) is 0 Å². The normalized spacial score (nSPS) is 12.7. The maximum atomic E-state index is 6.38. The first-order valence-corrected chi connectivity index (χ1v) is 12.0. The van der Waals surface area contributed by atoms with Crippen molar-refractivity contribution < 1.29 is 4.12 Å². The van der Waals surface area contributed by atoms with Crippen LogP contribution in [0.4, 0.5) is 0 Å². The van der Waals surface area contributed by atoms with E-state index in [0.717, 1.165) is 0 Å². The van der Waals surface area contributed by atoms with Crippen molar-refractivity contribution in [3.8, 4) is 0 Å². The summed E-state index contributed by atoms with van der Waals surface area (Å²) in [6.07, 6.45) is 8.53. The largest absolute Gasteiger partial charge is 0.460 e. The molecule has 0 aliphatic rings. The molecule has 0 unspecified atom stereocenters. The van der Waals surface area contributed by atoms with E-state index in [0.29, 0.717) is 0 Å². The summed E-state index contributed by atoms with van der Waals surface area (Å²) in [5, 5.41) is 0. The third-order valence-corrected chi connectivity index (χ3v) is 12.0. The van der Waals surface area contributed by atoms with Gasteiger partial charge in [-0.2, -0.15) is 0 Å². The van der Waals surface area contributed by atoms with Crippen LogP contribution in [0.15, 0.2) is 0 Å². The number of hydrogen-bond donors (Lipinski definition) is 0. The lowest BCUT2D eigenvalue weighted by atomic mass is 10.1. The molecule has 0 radical (unpaired) electrons. The fourth-order valence-corrected chi connectivity index (χ4v) is 9.22. The summed E-state index contributed by atoms with van der Waals surface area (Å²) in [4.78, 5) is 0. The topological polar surface area (TPSA) is 9.23 Å². The van der Waals surface area contributed by atoms with Gasteiger partial charge >= 0.3 is 0 Å². The average molecular weight is 275 g/mol. The molecule has 0 heterocycles. The van der Waals surface area contributed by atoms with Crippen LogP contribution in [0, 0.1) is 0 Å². The molecule has 0 rings (SSSR count). The molecule has 17 heavy (non-hydrogen) atoms. The second kappa shape index (κ2) is 11.5. The van der Waals surface area contributed by atoms with E-state index in [-0.39, 0.29) is 9.76 Å². The summed E-state index contributed by atoms with van der Waals surface area (Å²) in [6, 6.07) is 5.39. The molecule has 0 aromatic rings. The molecule has 0 aromatic heterocycles. The molecule has 0 saturated heterocycles. The molecule has 0 amide bonds. The van der Waals surface area contributed by atoms with Crippen LogP contribution in [0.3, 0.4) is 0 Å². The van der Waals surface area contributed by atoms with E-state index in [9.17, 15) is 0 Å². The predicted molar refractivity (Wildman–Crippen MR) is 85.0 cm³/mol. The first-order valence-electron chi connectivity index (χ1n) is 7.88. The molecule has 1 nitrogen and oxygen atoms in total. The Morgan fingerprint density at radius 3 is 1.82 bits per heavy atom. The Labute approximate surface area is 113 Å². The van der Waals surface area contributed by atoms with Gasteiger partial charge in [-0.15, -0.1) is 0 Å². The molecule has 0 N–H and O–H groups in total. The number of hydrogen-bond acceptors (Lipinski definition) is 1. The van der Waals surface area contributed by atoms with Crippen molar-refractivity contribution in [3.05, 3.63) is 0 Å². The lowest BCUT2D eigenvalue weighted by Gasteiger charge is -2.28. The van der Waals surface area contributed by atoms with Crippen LogP contribution in [0.5, 0.6) is 0 Å². The molecule has 0 atom stereocenters. The zero-order chi connectivity index (χ0) is 13.0. The SMILES string of the molecule is CCCCCCCC[SiH2]O[Si](CC)(CC)CC. The van der Waals surface area contributed by atoms with Gasteiger partial charge in [0.2, 0.25) is 0 Å². The smallest absolute Gasteiger partial charge is 0.178 e. The molecule has 0 aliphatic carbocycles. The minimum absolute atomic E-state index is 0.204. The van der Waals surface area contributed by atoms with E-state index in [1.54, 1.807) is 0 Å². The zero-order valence-electron chi connectivity index (χ0n) is 12.7. The molecular weight excluding hydrogens is 240 g/mol. The van der Waals surface area contributed by atoms with Crippen LogP contribution in [0.25, 0.3) is 0 Å². The lowest BCUT2D eigenvalue weighted by Crippen LogP contribution is -2.37. The maximum Gasteiger partial charge on any atom is 0.178 e. The van der Waals surface area contributed by atoms with Gasteiger partial charge in [0.05, 0.1) is 0 Å². The Hall–Kier alpha value is 0.394. The van der Waals surface area contributed by atoms with Crippen molar-refractivity contribution in [1.82, 2.24) is 0 Å². The quantitative estimate of drug-likeness (QED) is 0.364. The standard InChI is InChI=1S/C14H34OSi2/c1-5-9-10-11-12-13-14-16-15-17(6-2,7-3)8-4/h5-14,16H2,1-4H3. The van der Waals surface area contributed by atoms with Gasteiger partial charge in [-0.1, -0.05) is 66.2 Å². The fourth-order valence-electron chi connectivity index (χ4n) is 2.40. The summed E-state index contributed by atoms with van der Waals surface area (Å²) < 4.78 is 6.38. The highest BCUT2D eigenvalue weighted by Crippen LogP contribution is 2.21. The van der Waals surface area contributed by atoms with Crippen molar-refractivity contribution >= 4 is 18.1 Å². The van der Waals surface area contributed by atoms with Crippen LogP contribution in [-0.4, -0.2) is 18.1 Å². The van der Waals surface area contributed by atoms with Crippen molar-refractivity contribution in [2.45, 2.75) is 90.4 Å². The minimum Gasteiger partial charge on any atom is -0.460 e. The molecule has 0 spiro atoms. The first-order chi connectivity index (χ1) is 8.24. The highest BCUT2D eigenvalue weighted by Gasteiger charge is 2.27. The third kappa shape index (κ3) is 8.17. The van der Waals surface area contributed by atoms with E-state index < -0.39 is 8.32 Å². The van der Waals surface area contributed by atoms with Crippen molar-refractivity contribution in [1.29, 1.82) is 0 Å². The van der Waals surface area contributed by atoms with Gasteiger partial charge in [-0.3, -0.25) is 0 Å². The molecule has 3 heteroatoms. The van der Waals surface area contributed by atoms with Gasteiger partial charge in [-0.05, 0) is 24.2 Å². The zero-order valence-corrected chi connectivity index (χ0v) is 15.1. The minimum atomic E-state index is -1.24. The lowest BCUT2D eigenvalue weighted by molar-refractivity contribution is 0.555. The molecular formula is C14H34OSi2. The van der Waals surface area contributed by atoms with Crippen LogP contribution in [0.1, 0.15) is 66.2 Å². The summed E-state index contributed by atoms with van der Waals surface area (Å²) in [6.45, 7) is 9.28. The second-order valence-corrected chi connectivity index (χ2v) is 12.0. The summed E-state index contributed by atoms with van der Waals surface area (Å²) in [7, 11) is -1.44. The van der Waals surface area contributed by atoms with Crippen LogP contribution < -0.4 is 0 Å². The Bertz CT molecular complexity index is 150. The van der Waals surface area contributed by atoms with Crippen molar-refractivity contribution in [2.75, 3.05) is 0 Å². The Morgan fingerprint density at radius 1 is 0.765 bits per heavy atom. The van der Waals surface area contributed by atoms with E-state index in [1.807, 2.05) is 0 Å². The highest BCUT2D eigenvalue weighted by molar-refractivity contribution is 6.77. The maximum absolute atomic E-state index is 6.38. The predicted octanol–water partition coefficient (Wildman–Crippen LogP) is 4.87. The molecule has 0 bridgehead atoms. The average Bonchev–Trinajstić information content (AvgIpc) is 2.38. The summed E-state index contributed by atoms with van der Waals surface area (Å²) >= 11 is 0. The Kier molecular flexibility index (Phi) is 11.7. The Morgan fingerprint density at radius 2 is 1.29 bits per heavy atom. The fraction of sp³-hybridized carbons (Fsp3) is 1.00. The molecule has 0 aromatic carbocycles. The highest BCUT2D eigenvalue weighted by atomic mass is 28.4. The second-order valence-electron chi connectivity index (χ2n) is 5.21. The van der Waals surface area contributed by atoms with E-state index in [1.165, 1.54) is 62.7 Å². The number of rotatable bonds is 12. The van der Waals surface area contributed by atoms with Gasteiger partial charge < -0.3 is 4.12 Å². The van der Waals surface area contributed by atoms with E-state index >= 15 is 0 Å². The first kappa shape index (κ1) is 17.4. The summed E-state index contributed by atoms with van der Waals surface area (Å²) in [5.74, 6) is 0. The molecule has 0 aliphatic heterocycles. The van der Waals surface area contributed by atoms with Gasteiger partial charge in [-0.25, -0.2) is 0 Å². The Balaban J connectivity index is 3.43. The van der Waals surface area contributed by atoms with Gasteiger partial charge in [0.1, 0.15) is 9.76 Å². The van der Waals surface area contributed by atoms with Crippen LogP contribution >= 0.6 is 0 Å². The van der Waals surface area contributed by atoms with Crippen molar-refractivity contribution in [3.63, 3.8) is 0 Å². The van der Waals surface area contributed by atoms with Crippen LogP contribution in [-0.2, 0) is 4.12 Å². The van der Waals surface area contributed by atoms with Gasteiger partial charge in [0.25, 0.3) is 0 Å². The van der Waals surface area contributed by atoms with Gasteiger partial charge in [0.15, 0.2) is 8.32 Å². The third-order valence-electron chi connectivity index (χ3n) is 4.09. The van der Waals surface area contributed by atoms with E-state index in [4.69, 9.17) is 4.12 Å². The molecule has 104 valence electrons. The number of unbranched alkanes of at least 4 members (excludes halogenated alkanes) is 5. The van der Waals surface area contributed by atoms with Gasteiger partial charge in [0, 0.05) is 0 Å².